The lowest BCUT2D eigenvalue weighted by atomic mass is 9.96. The van der Waals surface area contributed by atoms with Gasteiger partial charge in [-0.2, -0.15) is 0 Å². The number of nitrogens with zero attached hydrogens (tertiary/aromatic N) is 2. The number of esters is 1. The van der Waals surface area contributed by atoms with Crippen molar-refractivity contribution in [3.8, 4) is 0 Å². The zero-order chi connectivity index (χ0) is 19.4. The van der Waals surface area contributed by atoms with Crippen molar-refractivity contribution < 1.29 is 18.7 Å². The fraction of sp³-hybridized carbons (Fsp3) is 0.421. The van der Waals surface area contributed by atoms with E-state index in [-0.39, 0.29) is 24.2 Å². The number of amides is 1. The lowest BCUT2D eigenvalue weighted by Gasteiger charge is -2.32. The Kier molecular flexibility index (Phi) is 6.26. The van der Waals surface area contributed by atoms with Gasteiger partial charge in [-0.1, -0.05) is 0 Å². The van der Waals surface area contributed by atoms with E-state index in [1.165, 1.54) is 6.07 Å². The molecule has 1 aromatic heterocycles. The van der Waals surface area contributed by atoms with Crippen LogP contribution in [0.4, 0.5) is 10.2 Å². The SMILES string of the molecule is CCOC(=O)CNC(=O)C1CCN(c2ccc3cc(Br)c(F)cc3n2)CC1. The molecule has 0 aliphatic carbocycles. The largest absolute Gasteiger partial charge is 0.465 e. The molecule has 0 spiro atoms. The number of hydrogen-bond acceptors (Lipinski definition) is 5. The summed E-state index contributed by atoms with van der Waals surface area (Å²) in [7, 11) is 0. The minimum Gasteiger partial charge on any atom is -0.465 e. The molecule has 3 rings (SSSR count). The van der Waals surface area contributed by atoms with Crippen molar-refractivity contribution in [3.63, 3.8) is 0 Å². The molecular weight excluding hydrogens is 417 g/mol. The van der Waals surface area contributed by atoms with Crippen LogP contribution in [0.1, 0.15) is 19.8 Å². The summed E-state index contributed by atoms with van der Waals surface area (Å²) in [5, 5.41) is 3.49. The molecule has 1 aliphatic heterocycles. The van der Waals surface area contributed by atoms with Crippen LogP contribution in [0.3, 0.4) is 0 Å². The number of hydrogen-bond donors (Lipinski definition) is 1. The van der Waals surface area contributed by atoms with E-state index in [9.17, 15) is 14.0 Å². The number of halogens is 2. The van der Waals surface area contributed by atoms with Crippen molar-refractivity contribution in [3.05, 3.63) is 34.6 Å². The quantitative estimate of drug-likeness (QED) is 0.727. The number of pyridine rings is 1. The predicted octanol–water partition coefficient (Wildman–Crippen LogP) is 3.03. The van der Waals surface area contributed by atoms with Gasteiger partial charge in [0.2, 0.25) is 5.91 Å². The lowest BCUT2D eigenvalue weighted by molar-refractivity contribution is -0.143. The molecule has 1 fully saturated rings. The van der Waals surface area contributed by atoms with E-state index in [0.717, 1.165) is 11.2 Å². The normalized spacial score (nSPS) is 15.0. The lowest BCUT2D eigenvalue weighted by Crippen LogP contribution is -2.42. The number of carbonyl (C=O) groups is 2. The number of nitrogens with one attached hydrogen (secondary N) is 1. The van der Waals surface area contributed by atoms with Crippen LogP contribution < -0.4 is 10.2 Å². The van der Waals surface area contributed by atoms with Crippen molar-refractivity contribution in [1.29, 1.82) is 0 Å². The van der Waals surface area contributed by atoms with Gasteiger partial charge in [0.25, 0.3) is 0 Å². The summed E-state index contributed by atoms with van der Waals surface area (Å²) in [6, 6.07) is 6.95. The third kappa shape index (κ3) is 4.74. The van der Waals surface area contributed by atoms with E-state index in [1.807, 2.05) is 12.1 Å². The van der Waals surface area contributed by atoms with Gasteiger partial charge in [0.05, 0.1) is 16.6 Å². The van der Waals surface area contributed by atoms with E-state index < -0.39 is 5.97 Å². The van der Waals surface area contributed by atoms with Crippen LogP contribution in [0.2, 0.25) is 0 Å². The van der Waals surface area contributed by atoms with Crippen LogP contribution in [-0.4, -0.2) is 43.1 Å². The number of piperidine rings is 1. The zero-order valence-corrected chi connectivity index (χ0v) is 16.6. The third-order valence-corrected chi connectivity index (χ3v) is 5.23. The maximum Gasteiger partial charge on any atom is 0.325 e. The van der Waals surface area contributed by atoms with Gasteiger partial charge in [-0.25, -0.2) is 9.37 Å². The minimum atomic E-state index is -0.428. The molecule has 0 unspecified atom stereocenters. The number of ether oxygens (including phenoxy) is 1. The van der Waals surface area contributed by atoms with Gasteiger partial charge in [0.1, 0.15) is 18.2 Å². The third-order valence-electron chi connectivity index (χ3n) is 4.62. The van der Waals surface area contributed by atoms with Gasteiger partial charge in [0.15, 0.2) is 0 Å². The van der Waals surface area contributed by atoms with Crippen LogP contribution in [0.15, 0.2) is 28.7 Å². The molecule has 0 radical (unpaired) electrons. The van der Waals surface area contributed by atoms with Crippen molar-refractivity contribution in [2.24, 2.45) is 5.92 Å². The van der Waals surface area contributed by atoms with E-state index in [4.69, 9.17) is 4.74 Å². The molecule has 0 atom stereocenters. The second-order valence-corrected chi connectivity index (χ2v) is 7.27. The van der Waals surface area contributed by atoms with E-state index in [2.05, 4.69) is 31.1 Å². The summed E-state index contributed by atoms with van der Waals surface area (Å²) in [6.45, 7) is 3.28. The maximum atomic E-state index is 13.8. The Labute approximate surface area is 165 Å². The van der Waals surface area contributed by atoms with Gasteiger partial charge in [-0.05, 0) is 53.9 Å². The molecule has 1 N–H and O–H groups in total. The van der Waals surface area contributed by atoms with Crippen LogP contribution in [0, 0.1) is 11.7 Å². The van der Waals surface area contributed by atoms with E-state index >= 15 is 0 Å². The van der Waals surface area contributed by atoms with Crippen molar-refractivity contribution in [2.45, 2.75) is 19.8 Å². The summed E-state index contributed by atoms with van der Waals surface area (Å²) >= 11 is 3.18. The predicted molar refractivity (Wildman–Crippen MR) is 104 cm³/mol. The summed E-state index contributed by atoms with van der Waals surface area (Å²) in [4.78, 5) is 30.2. The molecule has 8 heteroatoms. The Morgan fingerprint density at radius 1 is 1.33 bits per heavy atom. The van der Waals surface area contributed by atoms with Crippen molar-refractivity contribution >= 4 is 44.5 Å². The number of carbonyl (C=O) groups excluding carboxylic acids is 2. The average molecular weight is 438 g/mol. The first-order valence-corrected chi connectivity index (χ1v) is 9.71. The summed E-state index contributed by atoms with van der Waals surface area (Å²) in [5.41, 5.74) is 0.600. The number of benzene rings is 1. The highest BCUT2D eigenvalue weighted by Crippen LogP contribution is 2.27. The number of fused-ring (bicyclic) bond motifs is 1. The molecule has 6 nitrogen and oxygen atoms in total. The molecule has 2 aromatic rings. The number of aromatic nitrogens is 1. The maximum absolute atomic E-state index is 13.8. The second-order valence-electron chi connectivity index (χ2n) is 6.41. The first-order chi connectivity index (χ1) is 13.0. The Morgan fingerprint density at radius 2 is 2.07 bits per heavy atom. The van der Waals surface area contributed by atoms with Crippen molar-refractivity contribution in [2.75, 3.05) is 31.1 Å². The van der Waals surface area contributed by atoms with Gasteiger partial charge in [-0.15, -0.1) is 0 Å². The molecule has 1 saturated heterocycles. The molecule has 2 heterocycles. The van der Waals surface area contributed by atoms with Crippen molar-refractivity contribution in [1.82, 2.24) is 10.3 Å². The Bertz CT molecular complexity index is 853. The Morgan fingerprint density at radius 3 is 2.78 bits per heavy atom. The van der Waals surface area contributed by atoms with Crippen LogP contribution in [0.25, 0.3) is 10.9 Å². The highest BCUT2D eigenvalue weighted by molar-refractivity contribution is 9.10. The molecule has 27 heavy (non-hydrogen) atoms. The van der Waals surface area contributed by atoms with Gasteiger partial charge in [0, 0.05) is 30.5 Å². The molecular formula is C19H21BrFN3O3. The van der Waals surface area contributed by atoms with Crippen LogP contribution >= 0.6 is 15.9 Å². The summed E-state index contributed by atoms with van der Waals surface area (Å²) in [5.74, 6) is -0.258. The fourth-order valence-corrected chi connectivity index (χ4v) is 3.53. The Balaban J connectivity index is 1.59. The minimum absolute atomic E-state index is 0.0970. The zero-order valence-electron chi connectivity index (χ0n) is 15.0. The molecule has 144 valence electrons. The molecule has 1 aliphatic rings. The molecule has 1 aromatic carbocycles. The van der Waals surface area contributed by atoms with Crippen LogP contribution in [0.5, 0.6) is 0 Å². The first kappa shape index (κ1) is 19.5. The molecule has 0 saturated carbocycles. The topological polar surface area (TPSA) is 71.5 Å². The summed E-state index contributed by atoms with van der Waals surface area (Å²) < 4.78 is 19.0. The number of anilines is 1. The highest BCUT2D eigenvalue weighted by atomic mass is 79.9. The molecule has 0 bridgehead atoms. The van der Waals surface area contributed by atoms with Gasteiger partial charge < -0.3 is 15.0 Å². The highest BCUT2D eigenvalue weighted by Gasteiger charge is 2.26. The Hall–Kier alpha value is -2.22. The fourth-order valence-electron chi connectivity index (χ4n) is 3.17. The van der Waals surface area contributed by atoms with Crippen LogP contribution in [-0.2, 0) is 14.3 Å². The molecule has 1 amide bonds. The second kappa shape index (κ2) is 8.65. The van der Waals surface area contributed by atoms with E-state index in [1.54, 1.807) is 13.0 Å². The summed E-state index contributed by atoms with van der Waals surface area (Å²) in [6.07, 6.45) is 1.34. The average Bonchev–Trinajstić information content (AvgIpc) is 2.67. The monoisotopic (exact) mass is 437 g/mol. The smallest absolute Gasteiger partial charge is 0.325 e. The van der Waals surface area contributed by atoms with Gasteiger partial charge >= 0.3 is 5.97 Å². The number of rotatable bonds is 5. The van der Waals surface area contributed by atoms with Gasteiger partial charge in [-0.3, -0.25) is 9.59 Å². The first-order valence-electron chi connectivity index (χ1n) is 8.92. The van der Waals surface area contributed by atoms with E-state index in [0.29, 0.717) is 42.5 Å². The standard InChI is InChI=1S/C19H21BrFN3O3/c1-2-27-18(25)11-22-19(26)12-5-7-24(8-6-12)17-4-3-13-9-14(20)15(21)10-16(13)23-17/h3-4,9-10,12H,2,5-8,11H2,1H3,(H,22,26).